The molecular weight excluding hydrogens is 189 g/mol. The second-order valence-corrected chi connectivity index (χ2v) is 4.04. The van der Waals surface area contributed by atoms with Gasteiger partial charge in [0.1, 0.15) is 0 Å². The first-order valence-electron chi connectivity index (χ1n) is 4.23. The molecule has 0 aliphatic carbocycles. The van der Waals surface area contributed by atoms with Crippen LogP contribution in [-0.4, -0.2) is 11.5 Å². The van der Waals surface area contributed by atoms with Crippen molar-refractivity contribution >= 4 is 16.5 Å². The lowest BCUT2D eigenvalue weighted by Crippen LogP contribution is -2.29. The number of rotatable bonds is 4. The minimum absolute atomic E-state index is 0.0114. The number of hydrogen-bond acceptors (Lipinski definition) is 4. The third-order valence-corrected chi connectivity index (χ3v) is 2.94. The van der Waals surface area contributed by atoms with Crippen molar-refractivity contribution in [3.63, 3.8) is 0 Å². The van der Waals surface area contributed by atoms with Gasteiger partial charge in [-0.25, -0.2) is 9.37 Å². The molecule has 0 aliphatic rings. The Labute approximate surface area is 81.0 Å². The highest BCUT2D eigenvalue weighted by Crippen LogP contribution is 2.34. The largest absolute Gasteiger partial charge is 0.375 e. The second kappa shape index (κ2) is 4.02. The molecule has 0 spiro atoms. The Hall–Kier alpha value is -0.680. The maximum absolute atomic E-state index is 14.1. The molecule has 0 radical (unpaired) electrons. The van der Waals surface area contributed by atoms with Crippen molar-refractivity contribution in [1.82, 2.24) is 4.98 Å². The summed E-state index contributed by atoms with van der Waals surface area (Å²) in [6.45, 7) is 1.91. The highest BCUT2D eigenvalue weighted by Gasteiger charge is 2.31. The molecule has 1 atom stereocenters. The average Bonchev–Trinajstić information content (AvgIpc) is 2.52. The molecule has 1 unspecified atom stereocenters. The van der Waals surface area contributed by atoms with E-state index in [4.69, 9.17) is 11.5 Å². The fraction of sp³-hybridized carbons (Fsp3) is 0.625. The third-order valence-electron chi connectivity index (χ3n) is 1.93. The molecule has 1 heterocycles. The van der Waals surface area contributed by atoms with Crippen LogP contribution < -0.4 is 11.5 Å². The van der Waals surface area contributed by atoms with Crippen LogP contribution >= 0.6 is 11.3 Å². The predicted octanol–water partition coefficient (Wildman–Crippen LogP) is 1.65. The van der Waals surface area contributed by atoms with E-state index < -0.39 is 5.67 Å². The number of anilines is 1. The van der Waals surface area contributed by atoms with Gasteiger partial charge in [-0.15, -0.1) is 0 Å². The van der Waals surface area contributed by atoms with E-state index in [0.717, 1.165) is 6.42 Å². The summed E-state index contributed by atoms with van der Waals surface area (Å²) in [4.78, 5) is 4.35. The van der Waals surface area contributed by atoms with Gasteiger partial charge < -0.3 is 11.5 Å². The predicted molar refractivity (Wildman–Crippen MR) is 53.3 cm³/mol. The van der Waals surface area contributed by atoms with Gasteiger partial charge in [-0.2, -0.15) is 0 Å². The molecule has 74 valence electrons. The SMILES string of the molecule is CCCC(F)(CN)c1cnc(N)s1. The molecule has 1 aromatic rings. The summed E-state index contributed by atoms with van der Waals surface area (Å²) in [5.74, 6) is 0. The van der Waals surface area contributed by atoms with Gasteiger partial charge in [-0.1, -0.05) is 24.7 Å². The first-order chi connectivity index (χ1) is 6.12. The zero-order valence-corrected chi connectivity index (χ0v) is 8.40. The number of nitrogens with zero attached hydrogens (tertiary/aromatic N) is 1. The highest BCUT2D eigenvalue weighted by atomic mass is 32.1. The van der Waals surface area contributed by atoms with E-state index in [2.05, 4.69) is 4.98 Å². The van der Waals surface area contributed by atoms with Gasteiger partial charge in [0.25, 0.3) is 0 Å². The molecule has 0 saturated carbocycles. The first-order valence-corrected chi connectivity index (χ1v) is 5.05. The summed E-state index contributed by atoms with van der Waals surface area (Å²) in [6.07, 6.45) is 2.65. The van der Waals surface area contributed by atoms with Crippen molar-refractivity contribution in [3.05, 3.63) is 11.1 Å². The Morgan fingerprint density at radius 1 is 1.69 bits per heavy atom. The lowest BCUT2D eigenvalue weighted by Gasteiger charge is -2.20. The molecule has 0 aromatic carbocycles. The Morgan fingerprint density at radius 2 is 2.38 bits per heavy atom. The van der Waals surface area contributed by atoms with Gasteiger partial charge in [0.05, 0.1) is 4.88 Å². The van der Waals surface area contributed by atoms with Gasteiger partial charge in [-0.3, -0.25) is 0 Å². The van der Waals surface area contributed by atoms with Crippen LogP contribution in [0, 0.1) is 0 Å². The van der Waals surface area contributed by atoms with Crippen LogP contribution in [0.15, 0.2) is 6.20 Å². The van der Waals surface area contributed by atoms with Crippen molar-refractivity contribution in [2.75, 3.05) is 12.3 Å². The van der Waals surface area contributed by atoms with Gasteiger partial charge in [0.2, 0.25) is 0 Å². The number of nitrogens with two attached hydrogens (primary N) is 2. The number of halogens is 1. The van der Waals surface area contributed by atoms with Crippen molar-refractivity contribution in [2.24, 2.45) is 5.73 Å². The summed E-state index contributed by atoms with van der Waals surface area (Å²) in [7, 11) is 0. The molecule has 3 nitrogen and oxygen atoms in total. The number of hydrogen-bond donors (Lipinski definition) is 2. The lowest BCUT2D eigenvalue weighted by molar-refractivity contribution is 0.164. The standard InChI is InChI=1S/C8H14FN3S/c1-2-3-8(9,5-10)6-4-12-7(11)13-6/h4H,2-3,5,10H2,1H3,(H2,11,12). The third kappa shape index (κ3) is 2.16. The average molecular weight is 203 g/mol. The zero-order chi connectivity index (χ0) is 9.90. The molecule has 1 aromatic heterocycles. The quantitative estimate of drug-likeness (QED) is 0.782. The Bertz CT molecular complexity index is 276. The minimum Gasteiger partial charge on any atom is -0.375 e. The Morgan fingerprint density at radius 3 is 2.77 bits per heavy atom. The molecule has 0 bridgehead atoms. The maximum Gasteiger partial charge on any atom is 0.180 e. The molecule has 0 fully saturated rings. The van der Waals surface area contributed by atoms with Crippen molar-refractivity contribution in [1.29, 1.82) is 0 Å². The van der Waals surface area contributed by atoms with Gasteiger partial charge in [0, 0.05) is 12.7 Å². The van der Waals surface area contributed by atoms with E-state index in [9.17, 15) is 4.39 Å². The van der Waals surface area contributed by atoms with Crippen LogP contribution in [0.2, 0.25) is 0 Å². The van der Waals surface area contributed by atoms with Crippen LogP contribution in [0.3, 0.4) is 0 Å². The van der Waals surface area contributed by atoms with Gasteiger partial charge in [-0.05, 0) is 6.42 Å². The van der Waals surface area contributed by atoms with Gasteiger partial charge in [0.15, 0.2) is 10.8 Å². The van der Waals surface area contributed by atoms with E-state index in [1.807, 2.05) is 6.92 Å². The molecule has 4 N–H and O–H groups in total. The van der Waals surface area contributed by atoms with Crippen LogP contribution in [0.4, 0.5) is 9.52 Å². The van der Waals surface area contributed by atoms with E-state index in [0.29, 0.717) is 16.4 Å². The molecule has 13 heavy (non-hydrogen) atoms. The fourth-order valence-corrected chi connectivity index (χ4v) is 2.02. The van der Waals surface area contributed by atoms with E-state index in [-0.39, 0.29) is 6.54 Å². The molecule has 1 rings (SSSR count). The Kier molecular flexibility index (Phi) is 3.22. The molecule has 0 aliphatic heterocycles. The number of thiazole rings is 1. The monoisotopic (exact) mass is 203 g/mol. The maximum atomic E-state index is 14.1. The minimum atomic E-state index is -1.44. The van der Waals surface area contributed by atoms with Gasteiger partial charge >= 0.3 is 0 Å². The van der Waals surface area contributed by atoms with Crippen molar-refractivity contribution in [2.45, 2.75) is 25.4 Å². The van der Waals surface area contributed by atoms with Crippen LogP contribution in [-0.2, 0) is 5.67 Å². The van der Waals surface area contributed by atoms with Crippen LogP contribution in [0.1, 0.15) is 24.6 Å². The highest BCUT2D eigenvalue weighted by molar-refractivity contribution is 7.15. The number of alkyl halides is 1. The smallest absolute Gasteiger partial charge is 0.180 e. The number of aromatic nitrogens is 1. The molecular formula is C8H14FN3S. The van der Waals surface area contributed by atoms with E-state index in [1.165, 1.54) is 17.5 Å². The summed E-state index contributed by atoms with van der Waals surface area (Å²) in [5.41, 5.74) is 9.38. The zero-order valence-electron chi connectivity index (χ0n) is 7.59. The Balaban J connectivity index is 2.88. The van der Waals surface area contributed by atoms with E-state index in [1.54, 1.807) is 0 Å². The van der Waals surface area contributed by atoms with Crippen LogP contribution in [0.25, 0.3) is 0 Å². The topological polar surface area (TPSA) is 64.9 Å². The molecule has 0 amide bonds. The summed E-state index contributed by atoms with van der Waals surface area (Å²) in [5, 5.41) is 0.390. The van der Waals surface area contributed by atoms with Crippen LogP contribution in [0.5, 0.6) is 0 Å². The first kappa shape index (κ1) is 10.4. The lowest BCUT2D eigenvalue weighted by atomic mass is 9.99. The summed E-state index contributed by atoms with van der Waals surface area (Å²) >= 11 is 1.17. The second-order valence-electron chi connectivity index (χ2n) is 2.98. The summed E-state index contributed by atoms with van der Waals surface area (Å²) < 4.78 is 14.1. The van der Waals surface area contributed by atoms with Crippen molar-refractivity contribution in [3.8, 4) is 0 Å². The normalized spacial score (nSPS) is 15.6. The molecule has 0 saturated heterocycles. The molecule has 5 heteroatoms. The fourth-order valence-electron chi connectivity index (χ4n) is 1.22. The summed E-state index contributed by atoms with van der Waals surface area (Å²) in [6, 6.07) is 0. The van der Waals surface area contributed by atoms with Crippen molar-refractivity contribution < 1.29 is 4.39 Å². The number of nitrogen functional groups attached to an aromatic ring is 1. The van der Waals surface area contributed by atoms with E-state index >= 15 is 0 Å².